The Kier molecular flexibility index (Phi) is 7.28. The molecule has 1 fully saturated rings. The molecule has 154 valence electrons. The van der Waals surface area contributed by atoms with Gasteiger partial charge in [-0.2, -0.15) is 0 Å². The summed E-state index contributed by atoms with van der Waals surface area (Å²) in [6, 6.07) is 15.0. The molecule has 0 bridgehead atoms. The predicted molar refractivity (Wildman–Crippen MR) is 115 cm³/mol. The topological polar surface area (TPSA) is 58.6 Å². The van der Waals surface area contributed by atoms with E-state index in [1.54, 1.807) is 12.1 Å². The molecule has 0 aliphatic carbocycles. The van der Waals surface area contributed by atoms with Gasteiger partial charge < -0.3 is 15.0 Å². The van der Waals surface area contributed by atoms with Crippen molar-refractivity contribution < 1.29 is 14.3 Å². The average Bonchev–Trinajstić information content (AvgIpc) is 2.78. The normalized spacial score (nSPS) is 14.9. The van der Waals surface area contributed by atoms with Crippen molar-refractivity contribution in [3.8, 4) is 5.75 Å². The maximum absolute atomic E-state index is 12.8. The van der Waals surface area contributed by atoms with Crippen molar-refractivity contribution >= 4 is 17.5 Å². The second kappa shape index (κ2) is 10.1. The molecule has 5 nitrogen and oxygen atoms in total. The van der Waals surface area contributed by atoms with Crippen molar-refractivity contribution in [1.82, 2.24) is 4.90 Å². The van der Waals surface area contributed by atoms with Crippen LogP contribution < -0.4 is 10.1 Å². The number of rotatable bonds is 7. The summed E-state index contributed by atoms with van der Waals surface area (Å²) in [5.74, 6) is 0.850. The second-order valence-corrected chi connectivity index (χ2v) is 7.61. The van der Waals surface area contributed by atoms with Crippen LogP contribution in [-0.4, -0.2) is 36.4 Å². The lowest BCUT2D eigenvalue weighted by Gasteiger charge is -2.27. The van der Waals surface area contributed by atoms with Gasteiger partial charge in [-0.25, -0.2) is 0 Å². The number of carbonyl (C=O) groups excluding carboxylic acids is 2. The van der Waals surface area contributed by atoms with Gasteiger partial charge in [-0.15, -0.1) is 0 Å². The van der Waals surface area contributed by atoms with Gasteiger partial charge >= 0.3 is 0 Å². The van der Waals surface area contributed by atoms with Gasteiger partial charge in [0.25, 0.3) is 11.8 Å². The Morgan fingerprint density at radius 1 is 1.03 bits per heavy atom. The van der Waals surface area contributed by atoms with Crippen LogP contribution in [0, 0.1) is 0 Å². The van der Waals surface area contributed by atoms with E-state index < -0.39 is 0 Å². The molecule has 0 radical (unpaired) electrons. The molecule has 29 heavy (non-hydrogen) atoms. The van der Waals surface area contributed by atoms with Gasteiger partial charge in [0.1, 0.15) is 5.75 Å². The van der Waals surface area contributed by atoms with Gasteiger partial charge in [0.05, 0.1) is 11.3 Å². The maximum Gasteiger partial charge on any atom is 0.262 e. The molecule has 1 N–H and O–H groups in total. The molecule has 0 saturated carbocycles. The lowest BCUT2D eigenvalue weighted by atomic mass is 9.99. The van der Waals surface area contributed by atoms with Crippen LogP contribution in [0.1, 0.15) is 61.4 Å². The van der Waals surface area contributed by atoms with E-state index in [0.717, 1.165) is 38.8 Å². The Morgan fingerprint density at radius 2 is 1.72 bits per heavy atom. The van der Waals surface area contributed by atoms with Gasteiger partial charge in [0.15, 0.2) is 6.61 Å². The summed E-state index contributed by atoms with van der Waals surface area (Å²) >= 11 is 0. The fourth-order valence-electron chi connectivity index (χ4n) is 3.51. The average molecular weight is 395 g/mol. The number of hydrogen-bond acceptors (Lipinski definition) is 3. The molecule has 2 aromatic carbocycles. The Balaban J connectivity index is 1.58. The van der Waals surface area contributed by atoms with Crippen LogP contribution in [0.5, 0.6) is 5.75 Å². The minimum Gasteiger partial charge on any atom is -0.484 e. The van der Waals surface area contributed by atoms with E-state index in [4.69, 9.17) is 4.74 Å². The van der Waals surface area contributed by atoms with Gasteiger partial charge in [-0.05, 0) is 61.4 Å². The van der Waals surface area contributed by atoms with E-state index in [-0.39, 0.29) is 18.4 Å². The number of carbonyl (C=O) groups is 2. The summed E-state index contributed by atoms with van der Waals surface area (Å²) < 4.78 is 5.62. The van der Waals surface area contributed by atoms with E-state index in [0.29, 0.717) is 22.9 Å². The highest BCUT2D eigenvalue weighted by atomic mass is 16.5. The van der Waals surface area contributed by atoms with E-state index in [2.05, 4.69) is 19.2 Å². The Morgan fingerprint density at radius 3 is 2.41 bits per heavy atom. The highest BCUT2D eigenvalue weighted by Crippen LogP contribution is 2.22. The third kappa shape index (κ3) is 5.59. The van der Waals surface area contributed by atoms with E-state index >= 15 is 0 Å². The predicted octanol–water partition coefficient (Wildman–Crippen LogP) is 4.84. The largest absolute Gasteiger partial charge is 0.484 e. The molecule has 1 aliphatic heterocycles. The minimum atomic E-state index is -0.283. The number of benzene rings is 2. The summed E-state index contributed by atoms with van der Waals surface area (Å²) in [5, 5.41) is 2.83. The molecule has 5 heteroatoms. The van der Waals surface area contributed by atoms with Crippen molar-refractivity contribution in [3.63, 3.8) is 0 Å². The zero-order chi connectivity index (χ0) is 20.6. The SMILES string of the molecule is CC[C@H](C)c1ccc(OCC(=O)Nc2ccccc2C(=O)N2CCCCC2)cc1. The highest BCUT2D eigenvalue weighted by Gasteiger charge is 2.21. The first kappa shape index (κ1) is 20.9. The zero-order valence-electron chi connectivity index (χ0n) is 17.3. The van der Waals surface area contributed by atoms with E-state index in [1.807, 2.05) is 41.3 Å². The third-order valence-corrected chi connectivity index (χ3v) is 5.51. The highest BCUT2D eigenvalue weighted by molar-refractivity contribution is 6.04. The minimum absolute atomic E-state index is 0.0258. The number of likely N-dealkylation sites (tertiary alicyclic amines) is 1. The quantitative estimate of drug-likeness (QED) is 0.731. The molecule has 0 unspecified atom stereocenters. The first-order chi connectivity index (χ1) is 14.1. The van der Waals surface area contributed by atoms with Crippen LogP contribution in [0.2, 0.25) is 0 Å². The van der Waals surface area contributed by atoms with Gasteiger partial charge in [-0.1, -0.05) is 38.1 Å². The van der Waals surface area contributed by atoms with Crippen LogP contribution in [0.4, 0.5) is 5.69 Å². The lowest BCUT2D eigenvalue weighted by molar-refractivity contribution is -0.118. The molecule has 1 atom stereocenters. The Hall–Kier alpha value is -2.82. The first-order valence-electron chi connectivity index (χ1n) is 10.5. The molecule has 1 saturated heterocycles. The van der Waals surface area contributed by atoms with Gasteiger partial charge in [0.2, 0.25) is 0 Å². The van der Waals surface area contributed by atoms with Crippen molar-refractivity contribution in [1.29, 1.82) is 0 Å². The number of anilines is 1. The number of piperidine rings is 1. The summed E-state index contributed by atoms with van der Waals surface area (Å²) in [4.78, 5) is 27.1. The molecule has 0 spiro atoms. The fraction of sp³-hybridized carbons (Fsp3) is 0.417. The van der Waals surface area contributed by atoms with Crippen LogP contribution in [0.25, 0.3) is 0 Å². The second-order valence-electron chi connectivity index (χ2n) is 7.61. The van der Waals surface area contributed by atoms with Crippen molar-refractivity contribution in [2.75, 3.05) is 25.0 Å². The molecule has 1 heterocycles. The fourth-order valence-corrected chi connectivity index (χ4v) is 3.51. The van der Waals surface area contributed by atoms with Crippen LogP contribution in [0.15, 0.2) is 48.5 Å². The smallest absolute Gasteiger partial charge is 0.262 e. The molecule has 0 aromatic heterocycles. The van der Waals surface area contributed by atoms with Crippen LogP contribution in [-0.2, 0) is 4.79 Å². The maximum atomic E-state index is 12.8. The molecule has 2 amide bonds. The number of amides is 2. The van der Waals surface area contributed by atoms with Crippen molar-refractivity contribution in [2.45, 2.75) is 45.4 Å². The Labute approximate surface area is 173 Å². The van der Waals surface area contributed by atoms with Gasteiger partial charge in [0, 0.05) is 13.1 Å². The van der Waals surface area contributed by atoms with Gasteiger partial charge in [-0.3, -0.25) is 9.59 Å². The molecule has 3 rings (SSSR count). The molecular formula is C24H30N2O3. The first-order valence-corrected chi connectivity index (χ1v) is 10.5. The number of nitrogens with one attached hydrogen (secondary N) is 1. The summed E-state index contributed by atoms with van der Waals surface area (Å²) in [6.07, 6.45) is 4.31. The van der Waals surface area contributed by atoms with Crippen LogP contribution >= 0.6 is 0 Å². The van der Waals surface area contributed by atoms with Crippen LogP contribution in [0.3, 0.4) is 0 Å². The number of hydrogen-bond donors (Lipinski definition) is 1. The summed E-state index contributed by atoms with van der Waals surface area (Å²) in [6.45, 7) is 5.79. The van der Waals surface area contributed by atoms with Crippen molar-refractivity contribution in [3.05, 3.63) is 59.7 Å². The standard InChI is InChI=1S/C24H30N2O3/c1-3-18(2)19-11-13-20(14-12-19)29-17-23(27)25-22-10-6-5-9-21(22)24(28)26-15-7-4-8-16-26/h5-6,9-14,18H,3-4,7-8,15-17H2,1-2H3,(H,25,27)/t18-/m0/s1. The van der Waals surface area contributed by atoms with E-state index in [1.165, 1.54) is 5.56 Å². The monoisotopic (exact) mass is 394 g/mol. The van der Waals surface area contributed by atoms with E-state index in [9.17, 15) is 9.59 Å². The molecular weight excluding hydrogens is 364 g/mol. The molecule has 2 aromatic rings. The number of ether oxygens (including phenoxy) is 1. The Bertz CT molecular complexity index is 826. The van der Waals surface area contributed by atoms with Crippen molar-refractivity contribution in [2.24, 2.45) is 0 Å². The zero-order valence-corrected chi connectivity index (χ0v) is 17.3. The molecule has 1 aliphatic rings. The number of para-hydroxylation sites is 1. The summed E-state index contributed by atoms with van der Waals surface area (Å²) in [5.41, 5.74) is 2.32. The number of nitrogens with zero attached hydrogens (tertiary/aromatic N) is 1. The lowest BCUT2D eigenvalue weighted by Crippen LogP contribution is -2.36. The summed E-state index contributed by atoms with van der Waals surface area (Å²) in [7, 11) is 0. The third-order valence-electron chi connectivity index (χ3n) is 5.51.